The minimum absolute atomic E-state index is 0. The fourth-order valence-electron chi connectivity index (χ4n) is 1.76. The molecule has 0 aliphatic carbocycles. The zero-order chi connectivity index (χ0) is 14.7. The molecule has 0 spiro atoms. The number of non-ortho nitro benzene ring substituents is 1. The number of halogens is 1. The van der Waals surface area contributed by atoms with E-state index in [1.165, 1.54) is 12.1 Å². The summed E-state index contributed by atoms with van der Waals surface area (Å²) in [7, 11) is 1.86. The highest BCUT2D eigenvalue weighted by Gasteiger charge is 2.23. The van der Waals surface area contributed by atoms with Crippen LogP contribution in [0, 0.1) is 20.2 Å². The summed E-state index contributed by atoms with van der Waals surface area (Å²) >= 11 is 1.16. The molecule has 1 aromatic rings. The van der Waals surface area contributed by atoms with Crippen molar-refractivity contribution in [3.05, 3.63) is 38.4 Å². The fraction of sp³-hybridized carbons (Fsp3) is 0.364. The number of nitrogens with zero attached hydrogens (tertiary/aromatic N) is 4. The summed E-state index contributed by atoms with van der Waals surface area (Å²) in [6, 6.07) is 3.64. The van der Waals surface area contributed by atoms with Crippen molar-refractivity contribution in [3.8, 4) is 0 Å². The maximum Gasteiger partial charge on any atom is 0.290 e. The third-order valence-electron chi connectivity index (χ3n) is 2.78. The molecule has 0 atom stereocenters. The summed E-state index contributed by atoms with van der Waals surface area (Å²) in [5.41, 5.74) is -0.564. The first-order chi connectivity index (χ1) is 9.49. The molecule has 21 heavy (non-hydrogen) atoms. The van der Waals surface area contributed by atoms with Crippen molar-refractivity contribution < 1.29 is 9.85 Å². The highest BCUT2D eigenvalue weighted by Crippen LogP contribution is 2.34. The van der Waals surface area contributed by atoms with Gasteiger partial charge in [-0.2, -0.15) is 0 Å². The molecule has 0 aromatic heterocycles. The number of hydrogen-bond donors (Lipinski definition) is 0. The lowest BCUT2D eigenvalue weighted by Crippen LogP contribution is -2.29. The van der Waals surface area contributed by atoms with Crippen LogP contribution < -0.4 is 0 Å². The maximum atomic E-state index is 11.0. The van der Waals surface area contributed by atoms with E-state index in [1.807, 2.05) is 11.9 Å². The van der Waals surface area contributed by atoms with Gasteiger partial charge in [0.25, 0.3) is 11.4 Å². The number of hydrogen-bond acceptors (Lipinski definition) is 7. The molecule has 0 bridgehead atoms. The highest BCUT2D eigenvalue weighted by atomic mass is 35.5. The second kappa shape index (κ2) is 7.23. The van der Waals surface area contributed by atoms with E-state index < -0.39 is 9.85 Å². The topological polar surface area (TPSA) is 102 Å². The number of nitro groups is 2. The van der Waals surface area contributed by atoms with Gasteiger partial charge in [0, 0.05) is 26.2 Å². The Kier molecular flexibility index (Phi) is 5.91. The van der Waals surface area contributed by atoms with Gasteiger partial charge in [-0.1, -0.05) is 0 Å². The van der Waals surface area contributed by atoms with E-state index in [1.54, 1.807) is 0 Å². The lowest BCUT2D eigenvalue weighted by Gasteiger charge is -2.24. The van der Waals surface area contributed by atoms with E-state index in [9.17, 15) is 20.2 Å². The van der Waals surface area contributed by atoms with Gasteiger partial charge in [-0.3, -0.25) is 25.2 Å². The Morgan fingerprint density at radius 2 is 2.00 bits per heavy atom. The van der Waals surface area contributed by atoms with Crippen LogP contribution in [-0.2, 0) is 0 Å². The van der Waals surface area contributed by atoms with Crippen LogP contribution in [0.25, 0.3) is 0 Å². The van der Waals surface area contributed by atoms with Crippen molar-refractivity contribution in [1.82, 2.24) is 4.90 Å². The fourth-order valence-corrected chi connectivity index (χ4v) is 2.73. The molecule has 0 radical (unpaired) electrons. The van der Waals surface area contributed by atoms with E-state index in [0.717, 1.165) is 30.8 Å². The molecule has 0 amide bonds. The highest BCUT2D eigenvalue weighted by molar-refractivity contribution is 8.13. The Labute approximate surface area is 130 Å². The Balaban J connectivity index is 0.00000220. The largest absolute Gasteiger partial charge is 0.354 e. The van der Waals surface area contributed by atoms with Crippen LogP contribution in [0.15, 0.2) is 28.1 Å². The van der Waals surface area contributed by atoms with E-state index >= 15 is 0 Å². The molecule has 0 saturated carbocycles. The van der Waals surface area contributed by atoms with Crippen LogP contribution in [-0.4, -0.2) is 40.1 Å². The summed E-state index contributed by atoms with van der Waals surface area (Å²) in [4.78, 5) is 27.0. The second-order valence-corrected chi connectivity index (χ2v) is 5.22. The molecule has 1 aromatic carbocycles. The van der Waals surface area contributed by atoms with Crippen LogP contribution in [0.3, 0.4) is 0 Å². The van der Waals surface area contributed by atoms with Crippen LogP contribution in [0.5, 0.6) is 0 Å². The van der Waals surface area contributed by atoms with Crippen molar-refractivity contribution in [2.24, 2.45) is 4.99 Å². The summed E-state index contributed by atoms with van der Waals surface area (Å²) in [6.45, 7) is 1.53. The zero-order valence-electron chi connectivity index (χ0n) is 11.1. The van der Waals surface area contributed by atoms with E-state index in [2.05, 4.69) is 4.99 Å². The van der Waals surface area contributed by atoms with Crippen LogP contribution >= 0.6 is 24.2 Å². The summed E-state index contributed by atoms with van der Waals surface area (Å²) in [6.07, 6.45) is 0.947. The smallest absolute Gasteiger partial charge is 0.290 e. The first-order valence-electron chi connectivity index (χ1n) is 5.85. The van der Waals surface area contributed by atoms with Gasteiger partial charge in [-0.05, 0) is 24.2 Å². The SMILES string of the molecule is CN1CCCN=C1Sc1ccc([N+](=O)[O-])cc1[N+](=O)[O-].Cl. The number of benzene rings is 1. The summed E-state index contributed by atoms with van der Waals surface area (Å²) < 4.78 is 0. The first kappa shape index (κ1) is 17.2. The second-order valence-electron chi connectivity index (χ2n) is 4.21. The number of nitro benzene ring substituents is 2. The minimum Gasteiger partial charge on any atom is -0.354 e. The van der Waals surface area contributed by atoms with Crippen LogP contribution in [0.4, 0.5) is 11.4 Å². The zero-order valence-corrected chi connectivity index (χ0v) is 12.7. The molecule has 10 heteroatoms. The first-order valence-corrected chi connectivity index (χ1v) is 6.67. The predicted octanol–water partition coefficient (Wildman–Crippen LogP) is 2.71. The molecule has 1 heterocycles. The standard InChI is InChI=1S/C11H12N4O4S.ClH/c1-13-6-2-5-12-11(13)20-10-4-3-8(14(16)17)7-9(10)15(18)19;/h3-4,7H,2,5-6H2,1H3;1H. The summed E-state index contributed by atoms with van der Waals surface area (Å²) in [5.74, 6) is 0. The maximum absolute atomic E-state index is 11.0. The van der Waals surface area contributed by atoms with Gasteiger partial charge >= 0.3 is 0 Å². The van der Waals surface area contributed by atoms with Crippen LogP contribution in [0.2, 0.25) is 0 Å². The van der Waals surface area contributed by atoms with Gasteiger partial charge < -0.3 is 4.90 Å². The van der Waals surface area contributed by atoms with Gasteiger partial charge in [0.2, 0.25) is 0 Å². The third kappa shape index (κ3) is 4.05. The molecule has 1 aliphatic rings. The van der Waals surface area contributed by atoms with Gasteiger partial charge in [-0.15, -0.1) is 12.4 Å². The Morgan fingerprint density at radius 1 is 1.29 bits per heavy atom. The van der Waals surface area contributed by atoms with Gasteiger partial charge in [-0.25, -0.2) is 0 Å². The average Bonchev–Trinajstić information content (AvgIpc) is 2.41. The molecule has 0 N–H and O–H groups in total. The molecular formula is C11H13ClN4O4S. The molecule has 8 nitrogen and oxygen atoms in total. The van der Waals surface area contributed by atoms with Crippen LogP contribution in [0.1, 0.15) is 6.42 Å². The van der Waals surface area contributed by atoms with E-state index in [0.29, 0.717) is 16.6 Å². The molecule has 0 fully saturated rings. The molecule has 1 aliphatic heterocycles. The molecule has 2 rings (SSSR count). The van der Waals surface area contributed by atoms with Gasteiger partial charge in [0.15, 0.2) is 5.17 Å². The van der Waals surface area contributed by atoms with Crippen molar-refractivity contribution in [2.75, 3.05) is 20.1 Å². The van der Waals surface area contributed by atoms with Crippen molar-refractivity contribution >= 4 is 40.7 Å². The molecule has 0 saturated heterocycles. The average molecular weight is 333 g/mol. The predicted molar refractivity (Wildman–Crippen MR) is 82.4 cm³/mol. The minimum atomic E-state index is -0.647. The summed E-state index contributed by atoms with van der Waals surface area (Å²) in [5, 5.41) is 22.4. The lowest BCUT2D eigenvalue weighted by molar-refractivity contribution is -0.396. The lowest BCUT2D eigenvalue weighted by atomic mass is 10.3. The number of amidine groups is 1. The van der Waals surface area contributed by atoms with Crippen molar-refractivity contribution in [3.63, 3.8) is 0 Å². The Bertz CT molecular complexity index is 596. The third-order valence-corrected chi connectivity index (χ3v) is 3.97. The molecule has 0 unspecified atom stereocenters. The van der Waals surface area contributed by atoms with E-state index in [4.69, 9.17) is 0 Å². The Hall–Kier alpha value is -1.87. The molecular weight excluding hydrogens is 320 g/mol. The Morgan fingerprint density at radius 3 is 2.57 bits per heavy atom. The quantitative estimate of drug-likeness (QED) is 0.623. The number of thioether (sulfide) groups is 1. The van der Waals surface area contributed by atoms with Gasteiger partial charge in [0.1, 0.15) is 0 Å². The molecule has 114 valence electrons. The number of aliphatic imine (C=N–C) groups is 1. The normalized spacial score (nSPS) is 14.1. The van der Waals surface area contributed by atoms with Crippen molar-refractivity contribution in [1.29, 1.82) is 0 Å². The van der Waals surface area contributed by atoms with Gasteiger partial charge in [0.05, 0.1) is 20.8 Å². The number of rotatable bonds is 3. The van der Waals surface area contributed by atoms with Crippen molar-refractivity contribution in [2.45, 2.75) is 11.3 Å². The monoisotopic (exact) mass is 332 g/mol. The van der Waals surface area contributed by atoms with E-state index in [-0.39, 0.29) is 23.8 Å².